The van der Waals surface area contributed by atoms with Gasteiger partial charge in [0.15, 0.2) is 0 Å². The molecule has 0 unspecified atom stereocenters. The van der Waals surface area contributed by atoms with Gasteiger partial charge in [-0.1, -0.05) is 90.4 Å². The molecule has 0 aromatic carbocycles. The van der Waals surface area contributed by atoms with Crippen molar-refractivity contribution in [2.45, 2.75) is 103 Å². The Balaban J connectivity index is 1.64. The first-order chi connectivity index (χ1) is 9.34. The van der Waals surface area contributed by atoms with Gasteiger partial charge in [-0.3, -0.25) is 4.79 Å². The molecule has 0 aromatic heterocycles. The van der Waals surface area contributed by atoms with Crippen LogP contribution in [0.15, 0.2) is 0 Å². The monoisotopic (exact) mass is 265 g/mol. The summed E-state index contributed by atoms with van der Waals surface area (Å²) in [5.41, 5.74) is 0. The lowest BCUT2D eigenvalue weighted by Gasteiger charge is -2.02. The Kier molecular flexibility index (Phi) is 10.1. The molecule has 0 bridgehead atoms. The van der Waals surface area contributed by atoms with Crippen molar-refractivity contribution in [3.05, 3.63) is 5.92 Å². The van der Waals surface area contributed by atoms with Crippen molar-refractivity contribution < 1.29 is 4.79 Å². The van der Waals surface area contributed by atoms with Crippen LogP contribution in [0.1, 0.15) is 103 Å². The van der Waals surface area contributed by atoms with Gasteiger partial charge in [-0.2, -0.15) is 0 Å². The van der Waals surface area contributed by atoms with Gasteiger partial charge < -0.3 is 0 Å². The lowest BCUT2D eigenvalue weighted by molar-refractivity contribution is -0.109. The number of Topliss-reactive ketones (excluding diaryl/α,β-unsaturated/α-hetero) is 1. The third-order valence-electron chi connectivity index (χ3n) is 4.23. The Hall–Kier alpha value is -0.330. The van der Waals surface area contributed by atoms with E-state index in [-0.39, 0.29) is 0 Å². The van der Waals surface area contributed by atoms with Crippen LogP contribution in [0.25, 0.3) is 0 Å². The number of unbranched alkanes of at least 4 members (excludes halogenated alkanes) is 12. The molecule has 19 heavy (non-hydrogen) atoms. The van der Waals surface area contributed by atoms with Crippen molar-refractivity contribution >= 4 is 5.78 Å². The van der Waals surface area contributed by atoms with E-state index in [1.54, 1.807) is 0 Å². The van der Waals surface area contributed by atoms with E-state index in [0.29, 0.717) is 5.78 Å². The van der Waals surface area contributed by atoms with Crippen molar-refractivity contribution in [2.75, 3.05) is 0 Å². The number of rotatable bonds is 14. The average molecular weight is 265 g/mol. The molecule has 0 spiro atoms. The van der Waals surface area contributed by atoms with Crippen molar-refractivity contribution in [1.29, 1.82) is 0 Å². The molecule has 0 saturated heterocycles. The van der Waals surface area contributed by atoms with E-state index >= 15 is 0 Å². The smallest absolute Gasteiger partial charge is 0.141 e. The van der Waals surface area contributed by atoms with Gasteiger partial charge in [0.25, 0.3) is 0 Å². The zero-order valence-corrected chi connectivity index (χ0v) is 13.0. The first-order valence-electron chi connectivity index (χ1n) is 8.72. The molecule has 0 amide bonds. The van der Waals surface area contributed by atoms with Gasteiger partial charge in [0, 0.05) is 12.3 Å². The molecule has 1 aliphatic carbocycles. The highest BCUT2D eigenvalue weighted by Gasteiger charge is 2.34. The molecule has 0 aliphatic heterocycles. The van der Waals surface area contributed by atoms with Crippen molar-refractivity contribution in [1.82, 2.24) is 0 Å². The number of carbonyl (C=O) groups is 1. The van der Waals surface area contributed by atoms with E-state index in [4.69, 9.17) is 0 Å². The van der Waals surface area contributed by atoms with Gasteiger partial charge in [0.05, 0.1) is 0 Å². The molecular formula is C18H33O. The van der Waals surface area contributed by atoms with Gasteiger partial charge >= 0.3 is 0 Å². The second-order valence-electron chi connectivity index (χ2n) is 6.20. The molecule has 1 radical (unpaired) electrons. The fourth-order valence-electron chi connectivity index (χ4n) is 2.73. The second-order valence-corrected chi connectivity index (χ2v) is 6.20. The Morgan fingerprint density at radius 2 is 1.05 bits per heavy atom. The molecule has 1 fully saturated rings. The highest BCUT2D eigenvalue weighted by molar-refractivity contribution is 6.09. The minimum Gasteiger partial charge on any atom is -0.299 e. The molecule has 1 saturated carbocycles. The second kappa shape index (κ2) is 11.5. The zero-order valence-electron chi connectivity index (χ0n) is 13.0. The predicted octanol–water partition coefficient (Wildman–Crippen LogP) is 6.01. The number of ketones is 1. The van der Waals surface area contributed by atoms with Crippen LogP contribution in [0.3, 0.4) is 0 Å². The molecule has 0 atom stereocenters. The molecule has 1 aliphatic rings. The van der Waals surface area contributed by atoms with Crippen LogP contribution in [0.4, 0.5) is 0 Å². The third-order valence-corrected chi connectivity index (χ3v) is 4.23. The first kappa shape index (κ1) is 16.7. The van der Waals surface area contributed by atoms with Crippen molar-refractivity contribution in [3.63, 3.8) is 0 Å². The Morgan fingerprint density at radius 1 is 0.684 bits per heavy atom. The SMILES string of the molecule is CCCCCCCCCCCCCCC[C]1CC1=O. The summed E-state index contributed by atoms with van der Waals surface area (Å²) in [4.78, 5) is 10.8. The van der Waals surface area contributed by atoms with Crippen LogP contribution in [0, 0.1) is 5.92 Å². The third kappa shape index (κ3) is 10.2. The summed E-state index contributed by atoms with van der Waals surface area (Å²) < 4.78 is 0. The molecule has 1 nitrogen and oxygen atoms in total. The van der Waals surface area contributed by atoms with Crippen LogP contribution in [-0.4, -0.2) is 5.78 Å². The number of hydrogen-bond donors (Lipinski definition) is 0. The summed E-state index contributed by atoms with van der Waals surface area (Å²) in [6.45, 7) is 2.28. The molecule has 0 heterocycles. The Bertz CT molecular complexity index is 222. The predicted molar refractivity (Wildman–Crippen MR) is 83.2 cm³/mol. The normalized spacial score (nSPS) is 15.1. The van der Waals surface area contributed by atoms with Gasteiger partial charge in [-0.25, -0.2) is 0 Å². The fourth-order valence-corrected chi connectivity index (χ4v) is 2.73. The van der Waals surface area contributed by atoms with E-state index < -0.39 is 0 Å². The average Bonchev–Trinajstić information content (AvgIpc) is 3.11. The highest BCUT2D eigenvalue weighted by Crippen LogP contribution is 2.32. The summed E-state index contributed by atoms with van der Waals surface area (Å²) in [5.74, 6) is 1.64. The van der Waals surface area contributed by atoms with Crippen molar-refractivity contribution in [2.24, 2.45) is 0 Å². The largest absolute Gasteiger partial charge is 0.299 e. The number of carbonyl (C=O) groups excluding carboxylic acids is 1. The van der Waals surface area contributed by atoms with Crippen LogP contribution < -0.4 is 0 Å². The Morgan fingerprint density at radius 3 is 1.42 bits per heavy atom. The molecule has 0 aromatic rings. The molecule has 1 heteroatoms. The summed E-state index contributed by atoms with van der Waals surface area (Å²) in [5, 5.41) is 0. The van der Waals surface area contributed by atoms with Crippen LogP contribution in [0.5, 0.6) is 0 Å². The van der Waals surface area contributed by atoms with Gasteiger partial charge in [-0.05, 0) is 6.42 Å². The van der Waals surface area contributed by atoms with E-state index in [2.05, 4.69) is 6.92 Å². The standard InChI is InChI=1S/C18H33O/c1-2-3-4-5-6-7-8-9-10-11-12-13-14-15-17-16-18(17)19/h2-16H2,1H3. The Labute approximate surface area is 120 Å². The summed E-state index contributed by atoms with van der Waals surface area (Å²) in [6.07, 6.45) is 20.1. The molecule has 0 N–H and O–H groups in total. The lowest BCUT2D eigenvalue weighted by atomic mass is 10.0. The molecular weight excluding hydrogens is 232 g/mol. The quantitative estimate of drug-likeness (QED) is 0.351. The van der Waals surface area contributed by atoms with Gasteiger partial charge in [-0.15, -0.1) is 0 Å². The van der Waals surface area contributed by atoms with Gasteiger partial charge in [0.2, 0.25) is 0 Å². The maximum atomic E-state index is 10.8. The summed E-state index contributed by atoms with van der Waals surface area (Å²) in [7, 11) is 0. The van der Waals surface area contributed by atoms with E-state index in [9.17, 15) is 4.79 Å². The highest BCUT2D eigenvalue weighted by atomic mass is 16.1. The fraction of sp³-hybridized carbons (Fsp3) is 0.889. The van der Waals surface area contributed by atoms with E-state index in [1.807, 2.05) is 0 Å². The van der Waals surface area contributed by atoms with Crippen LogP contribution >= 0.6 is 0 Å². The van der Waals surface area contributed by atoms with Crippen LogP contribution in [0.2, 0.25) is 0 Å². The summed E-state index contributed by atoms with van der Waals surface area (Å²) >= 11 is 0. The van der Waals surface area contributed by atoms with Crippen LogP contribution in [-0.2, 0) is 4.79 Å². The first-order valence-corrected chi connectivity index (χ1v) is 8.72. The maximum absolute atomic E-state index is 10.8. The summed E-state index contributed by atoms with van der Waals surface area (Å²) in [6, 6.07) is 0. The molecule has 111 valence electrons. The zero-order chi connectivity index (χ0) is 13.8. The molecule has 1 rings (SSSR count). The van der Waals surface area contributed by atoms with Crippen molar-refractivity contribution in [3.8, 4) is 0 Å². The minimum atomic E-state index is 0.430. The minimum absolute atomic E-state index is 0.430. The van der Waals surface area contributed by atoms with E-state index in [1.165, 1.54) is 89.4 Å². The van der Waals surface area contributed by atoms with E-state index in [0.717, 1.165) is 12.8 Å². The maximum Gasteiger partial charge on any atom is 0.141 e. The van der Waals surface area contributed by atoms with Gasteiger partial charge in [0.1, 0.15) is 5.78 Å². The topological polar surface area (TPSA) is 17.1 Å². The lowest BCUT2D eigenvalue weighted by Crippen LogP contribution is -1.84. The number of hydrogen-bond acceptors (Lipinski definition) is 1.